The van der Waals surface area contributed by atoms with Gasteiger partial charge >= 0.3 is 0 Å². The van der Waals surface area contributed by atoms with Crippen molar-refractivity contribution in [3.63, 3.8) is 0 Å². The summed E-state index contributed by atoms with van der Waals surface area (Å²) in [4.78, 5) is 4.25. The van der Waals surface area contributed by atoms with Gasteiger partial charge in [-0.15, -0.1) is 0 Å². The monoisotopic (exact) mass is 323 g/mol. The summed E-state index contributed by atoms with van der Waals surface area (Å²) in [7, 11) is 0. The van der Waals surface area contributed by atoms with Gasteiger partial charge in [-0.1, -0.05) is 41.9 Å². The molecule has 0 amide bonds. The van der Waals surface area contributed by atoms with Crippen LogP contribution < -0.4 is 5.73 Å². The minimum Gasteiger partial charge on any atom is -0.383 e. The number of nitrogens with zero attached hydrogens (tertiary/aromatic N) is 2. The third kappa shape index (κ3) is 2.87. The molecule has 0 aliphatic carbocycles. The lowest BCUT2D eigenvalue weighted by Gasteiger charge is -2.11. The van der Waals surface area contributed by atoms with Gasteiger partial charge in [-0.3, -0.25) is 0 Å². The maximum atomic E-state index is 14.1. The molecule has 0 radical (unpaired) electrons. The van der Waals surface area contributed by atoms with E-state index in [1.807, 2.05) is 6.07 Å². The highest BCUT2D eigenvalue weighted by Crippen LogP contribution is 2.32. The molecule has 0 fully saturated rings. The van der Waals surface area contributed by atoms with E-state index >= 15 is 0 Å². The average Bonchev–Trinajstić information content (AvgIpc) is 2.55. The minimum atomic E-state index is -0.420. The Bertz CT molecular complexity index is 915. The summed E-state index contributed by atoms with van der Waals surface area (Å²) in [5.74, 6) is -0.352. The van der Waals surface area contributed by atoms with Crippen molar-refractivity contribution in [3.05, 3.63) is 71.0 Å². The highest BCUT2D eigenvalue weighted by molar-refractivity contribution is 6.30. The van der Waals surface area contributed by atoms with Gasteiger partial charge in [0.2, 0.25) is 0 Å². The number of nitrogens with two attached hydrogens (primary N) is 1. The normalized spacial score (nSPS) is 10.3. The Kier molecular flexibility index (Phi) is 3.96. The number of rotatable bonds is 2. The Morgan fingerprint density at radius 2 is 1.74 bits per heavy atom. The van der Waals surface area contributed by atoms with Gasteiger partial charge in [0.05, 0.1) is 5.69 Å². The van der Waals surface area contributed by atoms with Gasteiger partial charge in [-0.05, 0) is 24.3 Å². The summed E-state index contributed by atoms with van der Waals surface area (Å²) < 4.78 is 14.1. The number of aromatic nitrogens is 1. The van der Waals surface area contributed by atoms with Crippen LogP contribution in [0.15, 0.2) is 54.6 Å². The molecule has 0 saturated carbocycles. The van der Waals surface area contributed by atoms with Gasteiger partial charge in [0.25, 0.3) is 0 Å². The van der Waals surface area contributed by atoms with Crippen LogP contribution >= 0.6 is 11.6 Å². The molecule has 0 aliphatic heterocycles. The molecule has 0 spiro atoms. The third-order valence-corrected chi connectivity index (χ3v) is 3.72. The molecule has 1 aromatic heterocycles. The predicted octanol–water partition coefficient (Wildman–Crippen LogP) is 4.66. The van der Waals surface area contributed by atoms with Gasteiger partial charge in [0.15, 0.2) is 0 Å². The minimum absolute atomic E-state index is 0.0678. The first-order valence-electron chi connectivity index (χ1n) is 6.81. The molecule has 5 heteroatoms. The van der Waals surface area contributed by atoms with Crippen molar-refractivity contribution >= 4 is 17.4 Å². The fourth-order valence-corrected chi connectivity index (χ4v) is 2.47. The first kappa shape index (κ1) is 15.0. The highest BCUT2D eigenvalue weighted by atomic mass is 35.5. The number of nitriles is 1. The van der Waals surface area contributed by atoms with Crippen LogP contribution in [0.3, 0.4) is 0 Å². The highest BCUT2D eigenvalue weighted by Gasteiger charge is 2.15. The lowest BCUT2D eigenvalue weighted by atomic mass is 9.98. The molecule has 0 atom stereocenters. The fraction of sp³-hybridized carbons (Fsp3) is 0. The number of halogens is 2. The Hall–Kier alpha value is -2.90. The maximum absolute atomic E-state index is 14.1. The molecule has 2 N–H and O–H groups in total. The first-order valence-corrected chi connectivity index (χ1v) is 7.19. The molecule has 1 heterocycles. The van der Waals surface area contributed by atoms with Crippen molar-refractivity contribution in [1.29, 1.82) is 5.26 Å². The smallest absolute Gasteiger partial charge is 0.142 e. The number of nitrogen functional groups attached to an aromatic ring is 1. The van der Waals surface area contributed by atoms with Crippen molar-refractivity contribution in [2.45, 2.75) is 0 Å². The van der Waals surface area contributed by atoms with E-state index < -0.39 is 5.82 Å². The molecule has 2 aromatic carbocycles. The molecule has 0 saturated heterocycles. The van der Waals surface area contributed by atoms with Gasteiger partial charge in [-0.25, -0.2) is 9.37 Å². The van der Waals surface area contributed by atoms with E-state index in [0.29, 0.717) is 21.8 Å². The van der Waals surface area contributed by atoms with Crippen LogP contribution in [0, 0.1) is 17.1 Å². The number of benzene rings is 2. The molecule has 23 heavy (non-hydrogen) atoms. The Morgan fingerprint density at radius 3 is 2.39 bits per heavy atom. The Labute approximate surface area is 137 Å². The molecule has 0 aliphatic rings. The number of hydrogen-bond donors (Lipinski definition) is 1. The second-order valence-electron chi connectivity index (χ2n) is 4.91. The fourth-order valence-electron chi connectivity index (χ4n) is 2.34. The summed E-state index contributed by atoms with van der Waals surface area (Å²) in [6.07, 6.45) is 0. The molecule has 3 nitrogen and oxygen atoms in total. The molecule has 3 rings (SSSR count). The molecular weight excluding hydrogens is 313 g/mol. The Balaban J connectivity index is 2.25. The van der Waals surface area contributed by atoms with Crippen molar-refractivity contribution in [2.75, 3.05) is 5.73 Å². The van der Waals surface area contributed by atoms with Gasteiger partial charge in [0, 0.05) is 21.7 Å². The molecule has 3 aromatic rings. The molecule has 0 unspecified atom stereocenters. The number of pyridine rings is 1. The van der Waals surface area contributed by atoms with E-state index in [9.17, 15) is 9.65 Å². The second-order valence-corrected chi connectivity index (χ2v) is 5.35. The average molecular weight is 324 g/mol. The van der Waals surface area contributed by atoms with E-state index in [1.165, 1.54) is 6.07 Å². The van der Waals surface area contributed by atoms with Crippen LogP contribution in [0.4, 0.5) is 10.2 Å². The lowest BCUT2D eigenvalue weighted by Crippen LogP contribution is -2.00. The van der Waals surface area contributed by atoms with Crippen molar-refractivity contribution < 1.29 is 4.39 Å². The summed E-state index contributed by atoms with van der Waals surface area (Å²) in [6, 6.07) is 17.0. The third-order valence-electron chi connectivity index (χ3n) is 3.46. The van der Waals surface area contributed by atoms with Crippen molar-refractivity contribution in [2.24, 2.45) is 0 Å². The summed E-state index contributed by atoms with van der Waals surface area (Å²) >= 11 is 5.89. The van der Waals surface area contributed by atoms with Crippen LogP contribution in [-0.2, 0) is 0 Å². The number of hydrogen-bond acceptors (Lipinski definition) is 3. The van der Waals surface area contributed by atoms with E-state index in [0.717, 1.165) is 5.56 Å². The predicted molar refractivity (Wildman–Crippen MR) is 89.2 cm³/mol. The van der Waals surface area contributed by atoms with Crippen LogP contribution in [0.2, 0.25) is 5.02 Å². The maximum Gasteiger partial charge on any atom is 0.142 e. The van der Waals surface area contributed by atoms with Crippen molar-refractivity contribution in [1.82, 2.24) is 4.98 Å². The van der Waals surface area contributed by atoms with E-state index in [-0.39, 0.29) is 11.4 Å². The SMILES string of the molecule is N#Cc1c(-c2ccccc2F)cc(-c2ccc(Cl)cc2)nc1N. The van der Waals surface area contributed by atoms with Crippen LogP contribution in [0.1, 0.15) is 5.56 Å². The van der Waals surface area contributed by atoms with Crippen LogP contribution in [0.5, 0.6) is 0 Å². The molecular formula is C18H11ClFN3. The summed E-state index contributed by atoms with van der Waals surface area (Å²) in [6.45, 7) is 0. The topological polar surface area (TPSA) is 62.7 Å². The van der Waals surface area contributed by atoms with Gasteiger partial charge in [-0.2, -0.15) is 5.26 Å². The molecule has 0 bridgehead atoms. The first-order chi connectivity index (χ1) is 11.1. The largest absolute Gasteiger partial charge is 0.383 e. The zero-order chi connectivity index (χ0) is 16.4. The zero-order valence-electron chi connectivity index (χ0n) is 11.9. The van der Waals surface area contributed by atoms with E-state index in [1.54, 1.807) is 48.5 Å². The summed E-state index contributed by atoms with van der Waals surface area (Å²) in [5.41, 5.74) is 8.13. The Morgan fingerprint density at radius 1 is 1.04 bits per heavy atom. The van der Waals surface area contributed by atoms with E-state index in [4.69, 9.17) is 17.3 Å². The quantitative estimate of drug-likeness (QED) is 0.746. The standard InChI is InChI=1S/C18H11ClFN3/c19-12-7-5-11(6-8-12)17-9-14(15(10-21)18(22)23-17)13-3-1-2-4-16(13)20/h1-9H,(H2,22,23). The van der Waals surface area contributed by atoms with Crippen molar-refractivity contribution in [3.8, 4) is 28.5 Å². The summed E-state index contributed by atoms with van der Waals surface area (Å²) in [5, 5.41) is 9.94. The van der Waals surface area contributed by atoms with Crippen LogP contribution in [0.25, 0.3) is 22.4 Å². The van der Waals surface area contributed by atoms with Gasteiger partial charge < -0.3 is 5.73 Å². The van der Waals surface area contributed by atoms with Gasteiger partial charge in [0.1, 0.15) is 23.3 Å². The zero-order valence-corrected chi connectivity index (χ0v) is 12.7. The lowest BCUT2D eigenvalue weighted by molar-refractivity contribution is 0.631. The second kappa shape index (κ2) is 6.07. The number of anilines is 1. The molecule has 112 valence electrons. The van der Waals surface area contributed by atoms with Crippen LogP contribution in [-0.4, -0.2) is 4.98 Å². The van der Waals surface area contributed by atoms with E-state index in [2.05, 4.69) is 4.98 Å².